The molecular weight excluding hydrogens is 311 g/mol. The van der Waals surface area contributed by atoms with E-state index in [9.17, 15) is 0 Å². The van der Waals surface area contributed by atoms with Gasteiger partial charge in [0, 0.05) is 23.1 Å². The average Bonchev–Trinajstić information content (AvgIpc) is 2.16. The number of alkyl halides is 1. The van der Waals surface area contributed by atoms with E-state index >= 15 is 0 Å². The topological polar surface area (TPSA) is 24.9 Å². The van der Waals surface area contributed by atoms with Gasteiger partial charge in [0.15, 0.2) is 0 Å². The van der Waals surface area contributed by atoms with Crippen LogP contribution in [0.2, 0.25) is 5.02 Å². The Morgan fingerprint density at radius 2 is 2.19 bits per heavy atom. The van der Waals surface area contributed by atoms with Crippen LogP contribution < -0.4 is 5.32 Å². The SMILES string of the molecule is CC(C)(CCCl)CNc1ncc(Br)cc1Cl. The van der Waals surface area contributed by atoms with Crippen molar-refractivity contribution < 1.29 is 0 Å². The molecule has 1 N–H and O–H groups in total. The number of aromatic nitrogens is 1. The Hall–Kier alpha value is 0.01000. The lowest BCUT2D eigenvalue weighted by Crippen LogP contribution is -2.24. The van der Waals surface area contributed by atoms with E-state index in [1.54, 1.807) is 6.20 Å². The van der Waals surface area contributed by atoms with Gasteiger partial charge >= 0.3 is 0 Å². The molecule has 0 amide bonds. The molecule has 16 heavy (non-hydrogen) atoms. The number of halogens is 3. The third kappa shape index (κ3) is 4.48. The van der Waals surface area contributed by atoms with Crippen molar-refractivity contribution in [1.82, 2.24) is 4.98 Å². The molecule has 0 bridgehead atoms. The first-order valence-corrected chi connectivity index (χ1v) is 6.76. The van der Waals surface area contributed by atoms with Crippen LogP contribution in [0.25, 0.3) is 0 Å². The van der Waals surface area contributed by atoms with E-state index in [1.807, 2.05) is 6.07 Å². The molecule has 0 unspecified atom stereocenters. The zero-order valence-corrected chi connectivity index (χ0v) is 12.5. The molecule has 0 aliphatic carbocycles. The van der Waals surface area contributed by atoms with Gasteiger partial charge in [-0.25, -0.2) is 4.98 Å². The smallest absolute Gasteiger partial charge is 0.144 e. The Labute approximate surface area is 115 Å². The molecule has 0 atom stereocenters. The number of hydrogen-bond acceptors (Lipinski definition) is 2. The largest absolute Gasteiger partial charge is 0.368 e. The summed E-state index contributed by atoms with van der Waals surface area (Å²) in [6, 6.07) is 1.82. The minimum Gasteiger partial charge on any atom is -0.368 e. The monoisotopic (exact) mass is 324 g/mol. The summed E-state index contributed by atoms with van der Waals surface area (Å²) in [6.45, 7) is 5.12. The van der Waals surface area contributed by atoms with E-state index in [-0.39, 0.29) is 5.41 Å². The summed E-state index contributed by atoms with van der Waals surface area (Å²) in [6.07, 6.45) is 2.68. The van der Waals surface area contributed by atoms with Gasteiger partial charge in [-0.2, -0.15) is 0 Å². The van der Waals surface area contributed by atoms with Gasteiger partial charge in [0.25, 0.3) is 0 Å². The molecule has 0 fully saturated rings. The molecule has 0 saturated heterocycles. The highest BCUT2D eigenvalue weighted by Gasteiger charge is 2.17. The minimum absolute atomic E-state index is 0.139. The first-order chi connectivity index (χ1) is 7.44. The molecule has 0 aromatic carbocycles. The van der Waals surface area contributed by atoms with Gasteiger partial charge in [0.1, 0.15) is 5.82 Å². The highest BCUT2D eigenvalue weighted by atomic mass is 79.9. The van der Waals surface area contributed by atoms with E-state index in [0.29, 0.717) is 16.7 Å². The summed E-state index contributed by atoms with van der Waals surface area (Å²) in [4.78, 5) is 4.22. The Morgan fingerprint density at radius 3 is 2.75 bits per heavy atom. The maximum atomic E-state index is 6.05. The van der Waals surface area contributed by atoms with Crippen LogP contribution in [0.1, 0.15) is 20.3 Å². The zero-order chi connectivity index (χ0) is 12.2. The van der Waals surface area contributed by atoms with E-state index in [2.05, 4.69) is 40.1 Å². The lowest BCUT2D eigenvalue weighted by Gasteiger charge is -2.24. The van der Waals surface area contributed by atoms with Crippen molar-refractivity contribution in [2.24, 2.45) is 5.41 Å². The molecule has 1 heterocycles. The lowest BCUT2D eigenvalue weighted by atomic mass is 9.90. The van der Waals surface area contributed by atoms with Crippen molar-refractivity contribution in [3.8, 4) is 0 Å². The Kier molecular flexibility index (Phi) is 5.35. The van der Waals surface area contributed by atoms with Crippen LogP contribution >= 0.6 is 39.1 Å². The fraction of sp³-hybridized carbons (Fsp3) is 0.545. The average molecular weight is 326 g/mol. The van der Waals surface area contributed by atoms with Gasteiger partial charge in [-0.05, 0) is 33.8 Å². The molecule has 0 aliphatic rings. The second kappa shape index (κ2) is 6.08. The number of pyridine rings is 1. The lowest BCUT2D eigenvalue weighted by molar-refractivity contribution is 0.379. The predicted octanol–water partition coefficient (Wildman–Crippen LogP) is 4.56. The molecule has 0 saturated carbocycles. The Balaban J connectivity index is 2.61. The van der Waals surface area contributed by atoms with Crippen LogP contribution in [0.15, 0.2) is 16.7 Å². The van der Waals surface area contributed by atoms with Crippen LogP contribution in [0.4, 0.5) is 5.82 Å². The molecular formula is C11H15BrCl2N2. The second-order valence-corrected chi connectivity index (χ2v) is 6.14. The van der Waals surface area contributed by atoms with Crippen molar-refractivity contribution in [3.63, 3.8) is 0 Å². The van der Waals surface area contributed by atoms with E-state index in [4.69, 9.17) is 23.2 Å². The van der Waals surface area contributed by atoms with Gasteiger partial charge in [-0.1, -0.05) is 25.4 Å². The Morgan fingerprint density at radius 1 is 1.50 bits per heavy atom. The molecule has 0 aliphatic heterocycles. The standard InChI is InChI=1S/C11H15BrCl2N2/c1-11(2,3-4-13)7-16-10-9(14)5-8(12)6-15-10/h5-6H,3-4,7H2,1-2H3,(H,15,16). The third-order valence-electron chi connectivity index (χ3n) is 2.31. The number of nitrogens with one attached hydrogen (secondary N) is 1. The Bertz CT molecular complexity index is 356. The number of anilines is 1. The summed E-state index contributed by atoms with van der Waals surface area (Å²) >= 11 is 15.1. The molecule has 1 aromatic heterocycles. The molecule has 5 heteroatoms. The van der Waals surface area contributed by atoms with E-state index < -0.39 is 0 Å². The van der Waals surface area contributed by atoms with E-state index in [1.165, 1.54) is 0 Å². The van der Waals surface area contributed by atoms with Crippen LogP contribution in [0.5, 0.6) is 0 Å². The maximum absolute atomic E-state index is 6.05. The van der Waals surface area contributed by atoms with Crippen molar-refractivity contribution >= 4 is 44.9 Å². The molecule has 2 nitrogen and oxygen atoms in total. The second-order valence-electron chi connectivity index (χ2n) is 4.44. The predicted molar refractivity (Wildman–Crippen MR) is 74.6 cm³/mol. The number of nitrogens with zero attached hydrogens (tertiary/aromatic N) is 1. The van der Waals surface area contributed by atoms with Gasteiger partial charge in [0.05, 0.1) is 5.02 Å². The quantitative estimate of drug-likeness (QED) is 0.802. The van der Waals surface area contributed by atoms with Crippen molar-refractivity contribution in [2.45, 2.75) is 20.3 Å². The van der Waals surface area contributed by atoms with Crippen molar-refractivity contribution in [2.75, 3.05) is 17.7 Å². The molecule has 0 radical (unpaired) electrons. The summed E-state index contributed by atoms with van der Waals surface area (Å²) in [5.41, 5.74) is 0.139. The van der Waals surface area contributed by atoms with Gasteiger partial charge in [-0.15, -0.1) is 11.6 Å². The normalized spacial score (nSPS) is 11.6. The molecule has 1 rings (SSSR count). The first kappa shape index (κ1) is 14.1. The molecule has 1 aromatic rings. The highest BCUT2D eigenvalue weighted by molar-refractivity contribution is 9.10. The van der Waals surface area contributed by atoms with Crippen LogP contribution in [-0.4, -0.2) is 17.4 Å². The molecule has 90 valence electrons. The van der Waals surface area contributed by atoms with Crippen molar-refractivity contribution in [3.05, 3.63) is 21.8 Å². The first-order valence-electron chi connectivity index (χ1n) is 5.05. The van der Waals surface area contributed by atoms with Crippen LogP contribution in [-0.2, 0) is 0 Å². The van der Waals surface area contributed by atoms with Crippen LogP contribution in [0.3, 0.4) is 0 Å². The minimum atomic E-state index is 0.139. The fourth-order valence-electron chi connectivity index (χ4n) is 1.21. The van der Waals surface area contributed by atoms with Crippen molar-refractivity contribution in [1.29, 1.82) is 0 Å². The third-order valence-corrected chi connectivity index (χ3v) is 3.22. The summed E-state index contributed by atoms with van der Waals surface area (Å²) in [5, 5.41) is 3.86. The number of hydrogen-bond donors (Lipinski definition) is 1. The highest BCUT2D eigenvalue weighted by Crippen LogP contribution is 2.26. The molecule has 0 spiro atoms. The fourth-order valence-corrected chi connectivity index (χ4v) is 2.42. The number of rotatable bonds is 5. The van der Waals surface area contributed by atoms with Gasteiger partial charge < -0.3 is 5.32 Å². The summed E-state index contributed by atoms with van der Waals surface area (Å²) < 4.78 is 0.878. The van der Waals surface area contributed by atoms with Gasteiger partial charge in [0.2, 0.25) is 0 Å². The maximum Gasteiger partial charge on any atom is 0.144 e. The summed E-state index contributed by atoms with van der Waals surface area (Å²) in [7, 11) is 0. The van der Waals surface area contributed by atoms with Crippen LogP contribution in [0, 0.1) is 5.41 Å². The van der Waals surface area contributed by atoms with Gasteiger partial charge in [-0.3, -0.25) is 0 Å². The summed E-state index contributed by atoms with van der Waals surface area (Å²) in [5.74, 6) is 1.38. The zero-order valence-electron chi connectivity index (χ0n) is 9.36. The van der Waals surface area contributed by atoms with E-state index in [0.717, 1.165) is 17.4 Å².